The zero-order chi connectivity index (χ0) is 12.3. The van der Waals surface area contributed by atoms with E-state index in [4.69, 9.17) is 0 Å². The molecular weight excluding hydrogens is 227 g/mol. The fourth-order valence-electron chi connectivity index (χ4n) is 2.90. The summed E-state index contributed by atoms with van der Waals surface area (Å²) in [6.45, 7) is 0.992. The summed E-state index contributed by atoms with van der Waals surface area (Å²) in [6, 6.07) is 0.327. The van der Waals surface area contributed by atoms with E-state index in [0.29, 0.717) is 31.7 Å². The van der Waals surface area contributed by atoms with Crippen molar-refractivity contribution in [1.29, 1.82) is 0 Å². The Labute approximate surface area is 101 Å². The van der Waals surface area contributed by atoms with Crippen LogP contribution in [0.5, 0.6) is 0 Å². The fourth-order valence-corrected chi connectivity index (χ4v) is 2.90. The van der Waals surface area contributed by atoms with Crippen LogP contribution in [-0.4, -0.2) is 18.8 Å². The van der Waals surface area contributed by atoms with Crippen LogP contribution in [0.4, 0.5) is 13.2 Å². The zero-order valence-electron chi connectivity index (χ0n) is 10.2. The van der Waals surface area contributed by atoms with Crippen molar-refractivity contribution in [2.45, 2.75) is 63.6 Å². The summed E-state index contributed by atoms with van der Waals surface area (Å²) in [4.78, 5) is 0. The third-order valence-electron chi connectivity index (χ3n) is 4.40. The molecule has 0 spiro atoms. The SMILES string of the molecule is FC(F)(F)C1CCC(NCCC2CCC2)CC1. The van der Waals surface area contributed by atoms with Crippen LogP contribution in [0.2, 0.25) is 0 Å². The summed E-state index contributed by atoms with van der Waals surface area (Å²) >= 11 is 0. The number of halogens is 3. The van der Waals surface area contributed by atoms with Gasteiger partial charge in [0.15, 0.2) is 0 Å². The number of nitrogens with one attached hydrogen (secondary N) is 1. The normalized spacial score (nSPS) is 31.2. The lowest BCUT2D eigenvalue weighted by Crippen LogP contribution is -2.38. The maximum Gasteiger partial charge on any atom is 0.391 e. The van der Waals surface area contributed by atoms with E-state index in [0.717, 1.165) is 12.5 Å². The highest BCUT2D eigenvalue weighted by Crippen LogP contribution is 2.37. The lowest BCUT2D eigenvalue weighted by Gasteiger charge is -2.31. The first-order chi connectivity index (χ1) is 8.05. The molecule has 17 heavy (non-hydrogen) atoms. The molecule has 100 valence electrons. The fraction of sp³-hybridized carbons (Fsp3) is 1.00. The van der Waals surface area contributed by atoms with Crippen molar-refractivity contribution in [2.75, 3.05) is 6.54 Å². The largest absolute Gasteiger partial charge is 0.391 e. The molecule has 2 saturated carbocycles. The van der Waals surface area contributed by atoms with Gasteiger partial charge in [0.1, 0.15) is 0 Å². The van der Waals surface area contributed by atoms with Crippen LogP contribution >= 0.6 is 0 Å². The number of hydrogen-bond donors (Lipinski definition) is 1. The first-order valence-corrected chi connectivity index (χ1v) is 6.86. The number of hydrogen-bond acceptors (Lipinski definition) is 1. The molecule has 0 aromatic rings. The smallest absolute Gasteiger partial charge is 0.314 e. The second-order valence-electron chi connectivity index (χ2n) is 5.63. The molecule has 2 aliphatic rings. The van der Waals surface area contributed by atoms with E-state index in [1.807, 2.05) is 0 Å². The Morgan fingerprint density at radius 3 is 2.06 bits per heavy atom. The zero-order valence-corrected chi connectivity index (χ0v) is 10.2. The van der Waals surface area contributed by atoms with Crippen molar-refractivity contribution >= 4 is 0 Å². The Hall–Kier alpha value is -0.250. The Balaban J connectivity index is 1.58. The third-order valence-corrected chi connectivity index (χ3v) is 4.40. The van der Waals surface area contributed by atoms with Crippen LogP contribution in [-0.2, 0) is 0 Å². The van der Waals surface area contributed by atoms with Crippen molar-refractivity contribution in [3.05, 3.63) is 0 Å². The molecule has 0 aromatic heterocycles. The highest BCUT2D eigenvalue weighted by molar-refractivity contribution is 4.81. The molecule has 0 saturated heterocycles. The van der Waals surface area contributed by atoms with Crippen LogP contribution in [0, 0.1) is 11.8 Å². The van der Waals surface area contributed by atoms with Crippen molar-refractivity contribution in [3.8, 4) is 0 Å². The van der Waals surface area contributed by atoms with Gasteiger partial charge in [0.05, 0.1) is 5.92 Å². The Morgan fingerprint density at radius 1 is 0.941 bits per heavy atom. The van der Waals surface area contributed by atoms with Gasteiger partial charge in [0.2, 0.25) is 0 Å². The summed E-state index contributed by atoms with van der Waals surface area (Å²) in [5, 5.41) is 3.43. The Morgan fingerprint density at radius 2 is 1.59 bits per heavy atom. The lowest BCUT2D eigenvalue weighted by molar-refractivity contribution is -0.182. The summed E-state index contributed by atoms with van der Waals surface area (Å²) < 4.78 is 37.4. The molecule has 0 amide bonds. The second-order valence-corrected chi connectivity index (χ2v) is 5.63. The average molecular weight is 249 g/mol. The molecule has 0 aromatic carbocycles. The molecule has 0 aliphatic heterocycles. The topological polar surface area (TPSA) is 12.0 Å². The molecule has 2 rings (SSSR count). The maximum absolute atomic E-state index is 12.5. The Kier molecular flexibility index (Phi) is 4.34. The van der Waals surface area contributed by atoms with Crippen molar-refractivity contribution in [2.24, 2.45) is 11.8 Å². The predicted molar refractivity (Wildman–Crippen MR) is 61.8 cm³/mol. The summed E-state index contributed by atoms with van der Waals surface area (Å²) in [5.41, 5.74) is 0. The average Bonchev–Trinajstić information content (AvgIpc) is 2.21. The van der Waals surface area contributed by atoms with Gasteiger partial charge in [0, 0.05) is 6.04 Å². The third kappa shape index (κ3) is 3.87. The minimum Gasteiger partial charge on any atom is -0.314 e. The molecule has 0 bridgehead atoms. The quantitative estimate of drug-likeness (QED) is 0.797. The molecule has 0 atom stereocenters. The summed E-state index contributed by atoms with van der Waals surface area (Å²) in [6.07, 6.45) is 3.29. The lowest BCUT2D eigenvalue weighted by atomic mass is 9.82. The minimum absolute atomic E-state index is 0.310. The highest BCUT2D eigenvalue weighted by Gasteiger charge is 2.41. The Bertz CT molecular complexity index is 227. The van der Waals surface area contributed by atoms with Gasteiger partial charge >= 0.3 is 6.18 Å². The first-order valence-electron chi connectivity index (χ1n) is 6.86. The van der Waals surface area contributed by atoms with E-state index in [-0.39, 0.29) is 0 Å². The molecular formula is C13H22F3N. The van der Waals surface area contributed by atoms with Gasteiger partial charge in [-0.1, -0.05) is 19.3 Å². The van der Waals surface area contributed by atoms with E-state index in [1.165, 1.54) is 25.7 Å². The van der Waals surface area contributed by atoms with Crippen LogP contribution in [0.3, 0.4) is 0 Å². The van der Waals surface area contributed by atoms with Gasteiger partial charge in [-0.3, -0.25) is 0 Å². The molecule has 1 nitrogen and oxygen atoms in total. The first kappa shape index (κ1) is 13.2. The van der Waals surface area contributed by atoms with Crippen molar-refractivity contribution < 1.29 is 13.2 Å². The van der Waals surface area contributed by atoms with Gasteiger partial charge in [-0.25, -0.2) is 0 Å². The van der Waals surface area contributed by atoms with Crippen LogP contribution in [0.1, 0.15) is 51.4 Å². The summed E-state index contributed by atoms with van der Waals surface area (Å²) in [5.74, 6) is -0.166. The second kappa shape index (κ2) is 5.59. The van der Waals surface area contributed by atoms with Crippen LogP contribution in [0.15, 0.2) is 0 Å². The van der Waals surface area contributed by atoms with Gasteiger partial charge in [-0.05, 0) is 44.6 Å². The van der Waals surface area contributed by atoms with Crippen molar-refractivity contribution in [1.82, 2.24) is 5.32 Å². The molecule has 2 aliphatic carbocycles. The number of alkyl halides is 3. The molecule has 0 radical (unpaired) electrons. The molecule has 4 heteroatoms. The van der Waals surface area contributed by atoms with E-state index in [9.17, 15) is 13.2 Å². The van der Waals surface area contributed by atoms with Gasteiger partial charge in [0.25, 0.3) is 0 Å². The van der Waals surface area contributed by atoms with E-state index < -0.39 is 12.1 Å². The molecule has 1 N–H and O–H groups in total. The van der Waals surface area contributed by atoms with Gasteiger partial charge in [-0.15, -0.1) is 0 Å². The van der Waals surface area contributed by atoms with Gasteiger partial charge < -0.3 is 5.32 Å². The highest BCUT2D eigenvalue weighted by atomic mass is 19.4. The minimum atomic E-state index is -3.98. The maximum atomic E-state index is 12.5. The van der Waals surface area contributed by atoms with E-state index in [2.05, 4.69) is 5.32 Å². The predicted octanol–water partition coefficient (Wildman–Crippen LogP) is 3.89. The van der Waals surface area contributed by atoms with E-state index >= 15 is 0 Å². The molecule has 0 heterocycles. The van der Waals surface area contributed by atoms with Crippen LogP contribution in [0.25, 0.3) is 0 Å². The van der Waals surface area contributed by atoms with Gasteiger partial charge in [-0.2, -0.15) is 13.2 Å². The monoisotopic (exact) mass is 249 g/mol. The molecule has 0 unspecified atom stereocenters. The molecule has 2 fully saturated rings. The summed E-state index contributed by atoms with van der Waals surface area (Å²) in [7, 11) is 0. The standard InChI is InChI=1S/C13H22F3N/c14-13(15,16)11-4-6-12(7-5-11)17-9-8-10-2-1-3-10/h10-12,17H,1-9H2. The number of rotatable bonds is 4. The van der Waals surface area contributed by atoms with E-state index in [1.54, 1.807) is 0 Å². The van der Waals surface area contributed by atoms with Crippen molar-refractivity contribution in [3.63, 3.8) is 0 Å². The van der Waals surface area contributed by atoms with Crippen LogP contribution < -0.4 is 5.32 Å².